The number of nitro groups is 1. The number of methoxy groups -OCH3 is 1. The number of carbonyl (C=O) groups excluding carboxylic acids is 2. The summed E-state index contributed by atoms with van der Waals surface area (Å²) in [4.78, 5) is 34.1. The van der Waals surface area contributed by atoms with E-state index >= 15 is 0 Å². The summed E-state index contributed by atoms with van der Waals surface area (Å²) in [7, 11) is 1.46. The van der Waals surface area contributed by atoms with Crippen LogP contribution in [0.1, 0.15) is 20.7 Å². The number of nitro benzene ring substituents is 1. The zero-order chi connectivity index (χ0) is 17.7. The minimum absolute atomic E-state index is 0.0220. The van der Waals surface area contributed by atoms with Crippen LogP contribution in [0.4, 0.5) is 5.69 Å². The third-order valence-electron chi connectivity index (χ3n) is 3.03. The van der Waals surface area contributed by atoms with E-state index in [0.29, 0.717) is 5.75 Å². The van der Waals surface area contributed by atoms with Gasteiger partial charge in [-0.3, -0.25) is 30.6 Å². The number of nitrogens with zero attached hydrogens (tertiary/aromatic N) is 1. The smallest absolute Gasteiger partial charge is 0.271 e. The van der Waals surface area contributed by atoms with Crippen molar-refractivity contribution >= 4 is 29.1 Å². The molecule has 8 nitrogen and oxygen atoms in total. The lowest BCUT2D eigenvalue weighted by molar-refractivity contribution is -0.384. The fourth-order valence-corrected chi connectivity index (χ4v) is 2.02. The van der Waals surface area contributed by atoms with Gasteiger partial charge >= 0.3 is 0 Å². The van der Waals surface area contributed by atoms with Crippen LogP contribution in [0.25, 0.3) is 0 Å². The van der Waals surface area contributed by atoms with Crippen LogP contribution in [0.3, 0.4) is 0 Å². The molecule has 0 spiro atoms. The molecule has 2 rings (SSSR count). The summed E-state index contributed by atoms with van der Waals surface area (Å²) in [5, 5.41) is 10.8. The third kappa shape index (κ3) is 3.99. The largest absolute Gasteiger partial charge is 0.497 e. The molecule has 0 aliphatic rings. The number of carbonyl (C=O) groups is 2. The Bertz CT molecular complexity index is 809. The van der Waals surface area contributed by atoms with Crippen molar-refractivity contribution in [3.8, 4) is 5.75 Å². The van der Waals surface area contributed by atoms with Crippen LogP contribution in [-0.2, 0) is 0 Å². The van der Waals surface area contributed by atoms with Gasteiger partial charge in [0, 0.05) is 17.7 Å². The summed E-state index contributed by atoms with van der Waals surface area (Å²) < 4.78 is 5.00. The Balaban J connectivity index is 2.09. The van der Waals surface area contributed by atoms with E-state index in [9.17, 15) is 19.7 Å². The second-order valence-corrected chi connectivity index (χ2v) is 4.97. The van der Waals surface area contributed by atoms with Gasteiger partial charge in [0.05, 0.1) is 22.6 Å². The van der Waals surface area contributed by atoms with Crippen LogP contribution in [0.2, 0.25) is 5.02 Å². The van der Waals surface area contributed by atoms with E-state index in [4.69, 9.17) is 16.3 Å². The van der Waals surface area contributed by atoms with Gasteiger partial charge in [0.15, 0.2) is 0 Å². The molecule has 0 atom stereocenters. The molecule has 0 radical (unpaired) electrons. The van der Waals surface area contributed by atoms with Gasteiger partial charge in [-0.2, -0.15) is 0 Å². The lowest BCUT2D eigenvalue weighted by atomic mass is 10.2. The zero-order valence-electron chi connectivity index (χ0n) is 12.4. The van der Waals surface area contributed by atoms with E-state index in [1.54, 1.807) is 12.1 Å². The molecule has 2 N–H and O–H groups in total. The molecular weight excluding hydrogens is 338 g/mol. The number of hydrogen-bond acceptors (Lipinski definition) is 5. The Kier molecular flexibility index (Phi) is 5.33. The van der Waals surface area contributed by atoms with E-state index in [2.05, 4.69) is 10.9 Å². The Hall–Kier alpha value is -3.13. The molecule has 0 aliphatic heterocycles. The minimum Gasteiger partial charge on any atom is -0.497 e. The van der Waals surface area contributed by atoms with Crippen LogP contribution in [-0.4, -0.2) is 23.8 Å². The van der Waals surface area contributed by atoms with Gasteiger partial charge in [-0.1, -0.05) is 17.7 Å². The van der Waals surface area contributed by atoms with Gasteiger partial charge in [0.1, 0.15) is 5.75 Å². The fourth-order valence-electron chi connectivity index (χ4n) is 1.82. The number of amides is 2. The number of nitrogens with one attached hydrogen (secondary N) is 2. The van der Waals surface area contributed by atoms with Gasteiger partial charge in [-0.25, -0.2) is 0 Å². The van der Waals surface area contributed by atoms with E-state index in [1.165, 1.54) is 31.4 Å². The molecule has 2 amide bonds. The fraction of sp³-hybridized carbons (Fsp3) is 0.0667. The normalized spacial score (nSPS) is 9.92. The molecule has 0 heterocycles. The highest BCUT2D eigenvalue weighted by molar-refractivity contribution is 6.34. The van der Waals surface area contributed by atoms with Crippen molar-refractivity contribution in [3.63, 3.8) is 0 Å². The summed E-state index contributed by atoms with van der Waals surface area (Å²) in [6.45, 7) is 0. The average Bonchev–Trinajstić information content (AvgIpc) is 2.59. The molecule has 2 aromatic rings. The number of non-ortho nitro benzene ring substituents is 1. The Morgan fingerprint density at radius 2 is 1.83 bits per heavy atom. The van der Waals surface area contributed by atoms with Crippen molar-refractivity contribution in [1.82, 2.24) is 10.9 Å². The highest BCUT2D eigenvalue weighted by atomic mass is 35.5. The Morgan fingerprint density at radius 1 is 1.12 bits per heavy atom. The molecule has 0 aliphatic carbocycles. The lowest BCUT2D eigenvalue weighted by Crippen LogP contribution is -2.41. The summed E-state index contributed by atoms with van der Waals surface area (Å²) >= 11 is 5.85. The predicted molar refractivity (Wildman–Crippen MR) is 86.0 cm³/mol. The highest BCUT2D eigenvalue weighted by Crippen LogP contribution is 2.21. The SMILES string of the molecule is COc1cccc(C(=O)NNC(=O)c2cc([N+](=O)[O-])ccc2Cl)c1. The average molecular weight is 350 g/mol. The minimum atomic E-state index is -0.778. The lowest BCUT2D eigenvalue weighted by Gasteiger charge is -2.09. The van der Waals surface area contributed by atoms with Gasteiger partial charge in [-0.15, -0.1) is 0 Å². The number of rotatable bonds is 4. The van der Waals surface area contributed by atoms with Crippen molar-refractivity contribution in [2.24, 2.45) is 0 Å². The van der Waals surface area contributed by atoms with E-state index in [-0.39, 0.29) is 21.8 Å². The van der Waals surface area contributed by atoms with Gasteiger partial charge < -0.3 is 4.74 Å². The van der Waals surface area contributed by atoms with E-state index < -0.39 is 16.7 Å². The van der Waals surface area contributed by atoms with Crippen LogP contribution in [0.5, 0.6) is 5.75 Å². The zero-order valence-corrected chi connectivity index (χ0v) is 13.2. The summed E-state index contributed by atoms with van der Waals surface area (Å²) in [6, 6.07) is 9.74. The number of benzene rings is 2. The second kappa shape index (κ2) is 7.42. The van der Waals surface area contributed by atoms with E-state index in [1.807, 2.05) is 0 Å². The topological polar surface area (TPSA) is 111 Å². The number of hydrazine groups is 1. The molecule has 0 saturated carbocycles. The van der Waals surface area contributed by atoms with Crippen LogP contribution < -0.4 is 15.6 Å². The maximum atomic E-state index is 12.0. The summed E-state index contributed by atoms with van der Waals surface area (Å²) in [5.41, 5.74) is 4.20. The maximum absolute atomic E-state index is 12.0. The molecule has 24 heavy (non-hydrogen) atoms. The quantitative estimate of drug-likeness (QED) is 0.650. The van der Waals surface area contributed by atoms with Crippen molar-refractivity contribution in [2.75, 3.05) is 7.11 Å². The van der Waals surface area contributed by atoms with Crippen LogP contribution in [0, 0.1) is 10.1 Å². The molecular formula is C15H12ClN3O5. The first-order valence-electron chi connectivity index (χ1n) is 6.61. The predicted octanol–water partition coefficient (Wildman–Crippen LogP) is 2.33. The monoisotopic (exact) mass is 349 g/mol. The van der Waals surface area contributed by atoms with Gasteiger partial charge in [0.25, 0.3) is 17.5 Å². The van der Waals surface area contributed by atoms with Crippen LogP contribution >= 0.6 is 11.6 Å². The van der Waals surface area contributed by atoms with E-state index in [0.717, 1.165) is 6.07 Å². The number of ether oxygens (including phenoxy) is 1. The first-order valence-corrected chi connectivity index (χ1v) is 6.99. The summed E-state index contributed by atoms with van der Waals surface area (Å²) in [5.74, 6) is -0.876. The van der Waals surface area contributed by atoms with Crippen molar-refractivity contribution < 1.29 is 19.2 Å². The molecule has 0 saturated heterocycles. The summed E-state index contributed by atoms with van der Waals surface area (Å²) in [6.07, 6.45) is 0. The Labute approximate surface area is 141 Å². The Morgan fingerprint density at radius 3 is 2.50 bits per heavy atom. The van der Waals surface area contributed by atoms with Crippen LogP contribution in [0.15, 0.2) is 42.5 Å². The third-order valence-corrected chi connectivity index (χ3v) is 3.36. The van der Waals surface area contributed by atoms with Gasteiger partial charge in [-0.05, 0) is 24.3 Å². The molecule has 9 heteroatoms. The second-order valence-electron chi connectivity index (χ2n) is 4.56. The maximum Gasteiger partial charge on any atom is 0.271 e. The standard InChI is InChI=1S/C15H12ClN3O5/c1-24-11-4-2-3-9(7-11)14(20)17-18-15(21)12-8-10(19(22)23)5-6-13(12)16/h2-8H,1H3,(H,17,20)(H,18,21). The highest BCUT2D eigenvalue weighted by Gasteiger charge is 2.16. The number of hydrogen-bond donors (Lipinski definition) is 2. The molecule has 0 aromatic heterocycles. The number of halogens is 1. The van der Waals surface area contributed by atoms with Gasteiger partial charge in [0.2, 0.25) is 0 Å². The molecule has 124 valence electrons. The van der Waals surface area contributed by atoms with Crippen molar-refractivity contribution in [3.05, 3.63) is 68.7 Å². The molecule has 0 unspecified atom stereocenters. The molecule has 0 bridgehead atoms. The molecule has 0 fully saturated rings. The molecule has 2 aromatic carbocycles. The van der Waals surface area contributed by atoms with Crippen molar-refractivity contribution in [1.29, 1.82) is 0 Å². The first kappa shape index (κ1) is 17.2. The van der Waals surface area contributed by atoms with Crippen molar-refractivity contribution in [2.45, 2.75) is 0 Å². The first-order chi connectivity index (χ1) is 11.4.